The summed E-state index contributed by atoms with van der Waals surface area (Å²) in [4.78, 5) is 45.5. The molecule has 7 heteroatoms. The summed E-state index contributed by atoms with van der Waals surface area (Å²) in [6.07, 6.45) is 3.93. The van der Waals surface area contributed by atoms with Crippen LogP contribution >= 0.6 is 0 Å². The minimum absolute atomic E-state index is 0.0207. The fraction of sp³-hybridized carbons (Fsp3) is 0.300. The molecule has 0 spiro atoms. The van der Waals surface area contributed by atoms with E-state index in [2.05, 4.69) is 9.88 Å². The number of carbonyl (C=O) groups excluding carboxylic acids is 3. The predicted molar refractivity (Wildman–Crippen MR) is 98.2 cm³/mol. The molecule has 7 nitrogen and oxygen atoms in total. The van der Waals surface area contributed by atoms with Crippen molar-refractivity contribution in [3.05, 3.63) is 59.9 Å². The highest BCUT2D eigenvalue weighted by atomic mass is 16.2. The average Bonchev–Trinajstić information content (AvgIpc) is 2.97. The van der Waals surface area contributed by atoms with Crippen LogP contribution in [-0.4, -0.2) is 60.2 Å². The van der Waals surface area contributed by atoms with Crippen LogP contribution in [0.1, 0.15) is 27.1 Å². The lowest BCUT2D eigenvalue weighted by molar-refractivity contribution is -0.377. The van der Waals surface area contributed by atoms with Crippen LogP contribution in [0.4, 0.5) is 5.69 Å². The van der Waals surface area contributed by atoms with Gasteiger partial charge in [0.1, 0.15) is 0 Å². The highest BCUT2D eigenvalue weighted by Gasteiger charge is 2.35. The van der Waals surface area contributed by atoms with Gasteiger partial charge >= 0.3 is 0 Å². The Bertz CT molecular complexity index is 841. The van der Waals surface area contributed by atoms with Crippen LogP contribution in [0.25, 0.3) is 0 Å². The number of amides is 3. The van der Waals surface area contributed by atoms with Crippen LogP contribution in [0.2, 0.25) is 0 Å². The van der Waals surface area contributed by atoms with Gasteiger partial charge in [-0.3, -0.25) is 19.3 Å². The summed E-state index contributed by atoms with van der Waals surface area (Å²) in [7, 11) is 0. The lowest BCUT2D eigenvalue weighted by atomic mass is 10.1. The molecule has 0 atom stereocenters. The summed E-state index contributed by atoms with van der Waals surface area (Å²) in [6, 6.07) is 10.8. The summed E-state index contributed by atoms with van der Waals surface area (Å²) >= 11 is 0. The van der Waals surface area contributed by atoms with Gasteiger partial charge in [0.05, 0.1) is 11.1 Å². The molecule has 1 aromatic heterocycles. The van der Waals surface area contributed by atoms with Crippen molar-refractivity contribution < 1.29 is 19.4 Å². The normalized spacial score (nSPS) is 16.7. The van der Waals surface area contributed by atoms with Gasteiger partial charge in [-0.2, -0.15) is 0 Å². The number of H-pyrrole nitrogens is 1. The molecule has 0 saturated carbocycles. The van der Waals surface area contributed by atoms with Crippen molar-refractivity contribution in [3.63, 3.8) is 0 Å². The zero-order valence-corrected chi connectivity index (χ0v) is 14.9. The van der Waals surface area contributed by atoms with E-state index in [4.69, 9.17) is 0 Å². The SMILES string of the molecule is O=C(CCN1C(=O)c2ccccc2C1=O)N1CCN(c2cc[nH+]cc2)CC1. The number of aromatic amines is 1. The molecule has 2 aromatic rings. The second kappa shape index (κ2) is 7.19. The number of benzene rings is 1. The predicted octanol–water partition coefficient (Wildman–Crippen LogP) is 0.836. The fourth-order valence-electron chi connectivity index (χ4n) is 3.61. The minimum Gasteiger partial charge on any atom is -0.368 e. The van der Waals surface area contributed by atoms with E-state index in [9.17, 15) is 14.4 Å². The molecule has 1 saturated heterocycles. The number of nitrogens with one attached hydrogen (secondary N) is 1. The molecule has 4 rings (SSSR count). The third-order valence-corrected chi connectivity index (χ3v) is 5.13. The van der Waals surface area contributed by atoms with E-state index in [0.29, 0.717) is 24.2 Å². The number of piperazine rings is 1. The van der Waals surface area contributed by atoms with Crippen molar-refractivity contribution >= 4 is 23.4 Å². The quantitative estimate of drug-likeness (QED) is 0.753. The van der Waals surface area contributed by atoms with Gasteiger partial charge in [0.25, 0.3) is 11.8 Å². The van der Waals surface area contributed by atoms with Gasteiger partial charge in [-0.25, -0.2) is 4.98 Å². The molecular formula is C20H21N4O3+. The highest BCUT2D eigenvalue weighted by Crippen LogP contribution is 2.22. The van der Waals surface area contributed by atoms with E-state index in [1.165, 1.54) is 4.90 Å². The van der Waals surface area contributed by atoms with Gasteiger partial charge < -0.3 is 9.80 Å². The van der Waals surface area contributed by atoms with Crippen LogP contribution < -0.4 is 9.88 Å². The Morgan fingerprint density at radius 2 is 1.48 bits per heavy atom. The van der Waals surface area contributed by atoms with E-state index < -0.39 is 0 Å². The number of anilines is 1. The number of imide groups is 1. The Morgan fingerprint density at radius 1 is 0.889 bits per heavy atom. The third-order valence-electron chi connectivity index (χ3n) is 5.13. The van der Waals surface area contributed by atoms with Crippen LogP contribution in [-0.2, 0) is 4.79 Å². The van der Waals surface area contributed by atoms with E-state index in [1.54, 1.807) is 24.3 Å². The lowest BCUT2D eigenvalue weighted by Gasteiger charge is -2.36. The maximum absolute atomic E-state index is 12.5. The van der Waals surface area contributed by atoms with Crippen LogP contribution in [0.5, 0.6) is 0 Å². The molecule has 2 aliphatic heterocycles. The Kier molecular flexibility index (Phi) is 4.58. The van der Waals surface area contributed by atoms with E-state index >= 15 is 0 Å². The molecule has 2 aliphatic rings. The molecular weight excluding hydrogens is 344 g/mol. The van der Waals surface area contributed by atoms with Gasteiger partial charge in [0.2, 0.25) is 5.91 Å². The summed E-state index contributed by atoms with van der Waals surface area (Å²) in [5, 5.41) is 0. The molecule has 138 valence electrons. The Balaban J connectivity index is 1.31. The smallest absolute Gasteiger partial charge is 0.261 e. The highest BCUT2D eigenvalue weighted by molar-refractivity contribution is 6.21. The van der Waals surface area contributed by atoms with Crippen molar-refractivity contribution in [3.8, 4) is 0 Å². The van der Waals surface area contributed by atoms with E-state index in [0.717, 1.165) is 18.8 Å². The maximum Gasteiger partial charge on any atom is 0.261 e. The van der Waals surface area contributed by atoms with Crippen LogP contribution in [0.3, 0.4) is 0 Å². The average molecular weight is 365 g/mol. The van der Waals surface area contributed by atoms with Gasteiger partial charge in [0, 0.05) is 57.0 Å². The molecule has 1 fully saturated rings. The number of hydrogen-bond acceptors (Lipinski definition) is 4. The summed E-state index contributed by atoms with van der Waals surface area (Å²) in [6.45, 7) is 2.94. The van der Waals surface area contributed by atoms with Gasteiger partial charge in [-0.1, -0.05) is 12.1 Å². The van der Waals surface area contributed by atoms with Crippen molar-refractivity contribution in [2.45, 2.75) is 6.42 Å². The number of nitrogens with zero attached hydrogens (tertiary/aromatic N) is 3. The molecule has 27 heavy (non-hydrogen) atoms. The number of hydrogen-bond donors (Lipinski definition) is 0. The standard InChI is InChI=1S/C20H20N4O3/c25-18(23-13-11-22(12-14-23)15-5-8-21-9-6-15)7-10-24-19(26)16-3-1-2-4-17(16)20(24)27/h1-6,8-9H,7,10-14H2/p+1. The first-order chi connectivity index (χ1) is 13.1. The summed E-state index contributed by atoms with van der Waals surface area (Å²) in [5.41, 5.74) is 1.97. The summed E-state index contributed by atoms with van der Waals surface area (Å²) < 4.78 is 0. The first-order valence-electron chi connectivity index (χ1n) is 9.09. The van der Waals surface area contributed by atoms with Crippen LogP contribution in [0, 0.1) is 0 Å². The second-order valence-corrected chi connectivity index (χ2v) is 6.68. The number of pyridine rings is 1. The first-order valence-corrected chi connectivity index (χ1v) is 9.09. The number of carbonyl (C=O) groups is 3. The fourth-order valence-corrected chi connectivity index (χ4v) is 3.61. The topological polar surface area (TPSA) is 75.1 Å². The first kappa shape index (κ1) is 17.2. The Hall–Kier alpha value is -3.22. The lowest BCUT2D eigenvalue weighted by Crippen LogP contribution is -2.49. The largest absolute Gasteiger partial charge is 0.368 e. The van der Waals surface area contributed by atoms with Gasteiger partial charge in [-0.05, 0) is 12.1 Å². The molecule has 0 bridgehead atoms. The van der Waals surface area contributed by atoms with Crippen molar-refractivity contribution in [1.29, 1.82) is 0 Å². The van der Waals surface area contributed by atoms with Crippen molar-refractivity contribution in [2.75, 3.05) is 37.6 Å². The minimum atomic E-state index is -0.311. The second-order valence-electron chi connectivity index (χ2n) is 6.68. The Labute approximate surface area is 157 Å². The molecule has 0 unspecified atom stereocenters. The molecule has 1 N–H and O–H groups in total. The van der Waals surface area contributed by atoms with E-state index in [-0.39, 0.29) is 30.7 Å². The number of rotatable bonds is 4. The van der Waals surface area contributed by atoms with E-state index in [1.807, 2.05) is 29.4 Å². The van der Waals surface area contributed by atoms with Crippen molar-refractivity contribution in [2.24, 2.45) is 0 Å². The summed E-state index contributed by atoms with van der Waals surface area (Å²) in [5.74, 6) is -0.643. The molecule has 1 aromatic carbocycles. The zero-order valence-electron chi connectivity index (χ0n) is 14.9. The molecule has 3 amide bonds. The Morgan fingerprint density at radius 3 is 2.07 bits per heavy atom. The monoisotopic (exact) mass is 365 g/mol. The zero-order chi connectivity index (χ0) is 18.8. The molecule has 3 heterocycles. The number of fused-ring (bicyclic) bond motifs is 1. The third kappa shape index (κ3) is 3.28. The number of aromatic nitrogens is 1. The van der Waals surface area contributed by atoms with Crippen LogP contribution in [0.15, 0.2) is 48.8 Å². The maximum atomic E-state index is 12.5. The molecule has 0 radical (unpaired) electrons. The van der Waals surface area contributed by atoms with Crippen molar-refractivity contribution in [1.82, 2.24) is 9.80 Å². The van der Waals surface area contributed by atoms with Gasteiger partial charge in [0.15, 0.2) is 12.4 Å². The van der Waals surface area contributed by atoms with Gasteiger partial charge in [-0.15, -0.1) is 0 Å². The molecule has 0 aliphatic carbocycles.